The number of carbonyl (C=O) groups is 2. The lowest BCUT2D eigenvalue weighted by atomic mass is 10.1. The van der Waals surface area contributed by atoms with Crippen LogP contribution in [0.5, 0.6) is 0 Å². The molecule has 1 heterocycles. The molecule has 5 nitrogen and oxygen atoms in total. The van der Waals surface area contributed by atoms with Gasteiger partial charge in [0.15, 0.2) is 0 Å². The van der Waals surface area contributed by atoms with Crippen molar-refractivity contribution in [2.24, 2.45) is 0 Å². The summed E-state index contributed by atoms with van der Waals surface area (Å²) >= 11 is 0. The summed E-state index contributed by atoms with van der Waals surface area (Å²) in [5.74, 6) is -0.932. The Kier molecular flexibility index (Phi) is 5.97. The normalized spacial score (nSPS) is 20.6. The van der Waals surface area contributed by atoms with E-state index in [9.17, 15) is 9.59 Å². The molecule has 0 aliphatic carbocycles. The summed E-state index contributed by atoms with van der Waals surface area (Å²) in [4.78, 5) is 24.2. The Morgan fingerprint density at radius 1 is 1.53 bits per heavy atom. The van der Waals surface area contributed by atoms with E-state index in [0.29, 0.717) is 13.2 Å². The van der Waals surface area contributed by atoms with E-state index in [1.54, 1.807) is 4.90 Å². The van der Waals surface area contributed by atoms with Crippen molar-refractivity contribution in [3.63, 3.8) is 0 Å². The Balaban J connectivity index is 2.36. The molecule has 1 N–H and O–H groups in total. The van der Waals surface area contributed by atoms with Crippen molar-refractivity contribution in [3.8, 4) is 0 Å². The first-order valence-corrected chi connectivity index (χ1v) is 6.27. The van der Waals surface area contributed by atoms with Crippen LogP contribution in [0.1, 0.15) is 39.0 Å². The summed E-state index contributed by atoms with van der Waals surface area (Å²) < 4.78 is 5.32. The van der Waals surface area contributed by atoms with Crippen molar-refractivity contribution in [3.05, 3.63) is 0 Å². The Morgan fingerprint density at radius 3 is 2.94 bits per heavy atom. The van der Waals surface area contributed by atoms with E-state index in [4.69, 9.17) is 9.84 Å². The van der Waals surface area contributed by atoms with Gasteiger partial charge in [-0.25, -0.2) is 0 Å². The summed E-state index contributed by atoms with van der Waals surface area (Å²) in [6.45, 7) is 4.03. The maximum Gasteiger partial charge on any atom is 0.303 e. The van der Waals surface area contributed by atoms with Crippen LogP contribution in [-0.4, -0.2) is 47.7 Å². The van der Waals surface area contributed by atoms with Gasteiger partial charge in [-0.15, -0.1) is 0 Å². The van der Waals surface area contributed by atoms with E-state index < -0.39 is 12.1 Å². The molecule has 1 fully saturated rings. The Morgan fingerprint density at radius 2 is 2.29 bits per heavy atom. The van der Waals surface area contributed by atoms with Crippen molar-refractivity contribution in [1.82, 2.24) is 4.90 Å². The first-order chi connectivity index (χ1) is 8.15. The van der Waals surface area contributed by atoms with Gasteiger partial charge in [0.25, 0.3) is 5.91 Å². The molecule has 0 spiro atoms. The lowest BCUT2D eigenvalue weighted by Gasteiger charge is -2.32. The number of nitrogens with zero attached hydrogens (tertiary/aromatic N) is 1. The number of unbranched alkanes of at least 4 members (excludes halogenated alkanes) is 2. The first kappa shape index (κ1) is 14.0. The number of carbonyl (C=O) groups excluding carboxylic acids is 1. The predicted octanol–water partition coefficient (Wildman–Crippen LogP) is 1.27. The van der Waals surface area contributed by atoms with E-state index in [1.807, 2.05) is 0 Å². The third kappa shape index (κ3) is 4.73. The summed E-state index contributed by atoms with van der Waals surface area (Å²) in [6, 6.07) is 0. The van der Waals surface area contributed by atoms with E-state index in [-0.39, 0.29) is 18.7 Å². The van der Waals surface area contributed by atoms with Gasteiger partial charge in [-0.2, -0.15) is 0 Å². The van der Waals surface area contributed by atoms with E-state index in [0.717, 1.165) is 25.8 Å². The van der Waals surface area contributed by atoms with Crippen molar-refractivity contribution < 1.29 is 19.4 Å². The molecule has 0 aromatic heterocycles. The smallest absolute Gasteiger partial charge is 0.303 e. The minimum Gasteiger partial charge on any atom is -0.481 e. The van der Waals surface area contributed by atoms with Crippen molar-refractivity contribution in [2.45, 2.75) is 45.1 Å². The maximum absolute atomic E-state index is 11.9. The number of carboxylic acid groups (broad SMARTS) is 1. The van der Waals surface area contributed by atoms with Crippen molar-refractivity contribution in [1.29, 1.82) is 0 Å². The highest BCUT2D eigenvalue weighted by molar-refractivity contribution is 5.82. The van der Waals surface area contributed by atoms with Crippen LogP contribution < -0.4 is 0 Å². The van der Waals surface area contributed by atoms with Crippen LogP contribution in [0.15, 0.2) is 0 Å². The zero-order valence-electron chi connectivity index (χ0n) is 10.4. The minimum atomic E-state index is -0.885. The van der Waals surface area contributed by atoms with Gasteiger partial charge in [-0.1, -0.05) is 19.8 Å². The third-order valence-corrected chi connectivity index (χ3v) is 2.92. The molecule has 17 heavy (non-hydrogen) atoms. The van der Waals surface area contributed by atoms with Gasteiger partial charge in [-0.05, 0) is 12.8 Å². The topological polar surface area (TPSA) is 66.8 Å². The molecule has 0 bridgehead atoms. The first-order valence-electron chi connectivity index (χ1n) is 6.27. The van der Waals surface area contributed by atoms with Crippen LogP contribution in [0, 0.1) is 0 Å². The number of hydrogen-bond acceptors (Lipinski definition) is 3. The quantitative estimate of drug-likeness (QED) is 0.684. The van der Waals surface area contributed by atoms with Crippen LogP contribution in [0.4, 0.5) is 0 Å². The van der Waals surface area contributed by atoms with Crippen LogP contribution >= 0.6 is 0 Å². The Bertz CT molecular complexity index is 267. The molecule has 0 radical (unpaired) electrons. The fourth-order valence-corrected chi connectivity index (χ4v) is 1.93. The van der Waals surface area contributed by atoms with Crippen LogP contribution in [0.25, 0.3) is 0 Å². The van der Waals surface area contributed by atoms with Crippen LogP contribution in [0.3, 0.4) is 0 Å². The summed E-state index contributed by atoms with van der Waals surface area (Å²) in [6.07, 6.45) is 2.96. The van der Waals surface area contributed by atoms with Gasteiger partial charge in [0.05, 0.1) is 6.61 Å². The fraction of sp³-hybridized carbons (Fsp3) is 0.833. The Labute approximate surface area is 102 Å². The summed E-state index contributed by atoms with van der Waals surface area (Å²) in [7, 11) is 0. The average molecular weight is 243 g/mol. The predicted molar refractivity (Wildman–Crippen MR) is 62.7 cm³/mol. The number of hydrogen-bond donors (Lipinski definition) is 1. The van der Waals surface area contributed by atoms with Gasteiger partial charge in [0.1, 0.15) is 6.10 Å². The molecule has 1 amide bonds. The molecule has 1 atom stereocenters. The van der Waals surface area contributed by atoms with Gasteiger partial charge in [-0.3, -0.25) is 9.59 Å². The highest BCUT2D eigenvalue weighted by Gasteiger charge is 2.29. The molecule has 1 aliphatic heterocycles. The number of rotatable bonds is 7. The van der Waals surface area contributed by atoms with E-state index in [1.165, 1.54) is 0 Å². The molecule has 1 saturated heterocycles. The number of carboxylic acids is 1. The maximum atomic E-state index is 11.9. The lowest BCUT2D eigenvalue weighted by Crippen LogP contribution is -2.48. The van der Waals surface area contributed by atoms with Crippen LogP contribution in [0.2, 0.25) is 0 Å². The molecule has 1 rings (SSSR count). The minimum absolute atomic E-state index is 0.0147. The van der Waals surface area contributed by atoms with E-state index >= 15 is 0 Å². The molecule has 1 unspecified atom stereocenters. The molecule has 0 aromatic rings. The number of morpholine rings is 1. The zero-order valence-corrected chi connectivity index (χ0v) is 10.4. The second kappa shape index (κ2) is 7.27. The number of ether oxygens (including phenoxy) is 1. The molecular formula is C12H21NO4. The monoisotopic (exact) mass is 243 g/mol. The molecular weight excluding hydrogens is 222 g/mol. The molecule has 0 saturated carbocycles. The molecule has 98 valence electrons. The zero-order chi connectivity index (χ0) is 12.7. The highest BCUT2D eigenvalue weighted by atomic mass is 16.5. The fourth-order valence-electron chi connectivity index (χ4n) is 1.93. The number of aliphatic carboxylic acids is 1. The third-order valence-electron chi connectivity index (χ3n) is 2.92. The van der Waals surface area contributed by atoms with E-state index in [2.05, 4.69) is 6.92 Å². The summed E-state index contributed by atoms with van der Waals surface area (Å²) in [5.41, 5.74) is 0. The van der Waals surface area contributed by atoms with Crippen molar-refractivity contribution in [2.75, 3.05) is 19.7 Å². The molecule has 1 aliphatic rings. The standard InChI is InChI=1S/C12H21NO4/c1-2-3-4-7-13-8-9-17-10(12(13)16)5-6-11(14)15/h10H,2-9H2,1H3,(H,14,15). The second-order valence-corrected chi connectivity index (χ2v) is 4.32. The van der Waals surface area contributed by atoms with Gasteiger partial charge in [0.2, 0.25) is 0 Å². The summed E-state index contributed by atoms with van der Waals surface area (Å²) in [5, 5.41) is 8.59. The van der Waals surface area contributed by atoms with Gasteiger partial charge < -0.3 is 14.7 Å². The van der Waals surface area contributed by atoms with Gasteiger partial charge in [0, 0.05) is 19.5 Å². The Hall–Kier alpha value is -1.10. The van der Waals surface area contributed by atoms with Crippen molar-refractivity contribution >= 4 is 11.9 Å². The average Bonchev–Trinajstić information content (AvgIpc) is 2.30. The lowest BCUT2D eigenvalue weighted by molar-refractivity contribution is -0.154. The molecule has 0 aromatic carbocycles. The molecule has 5 heteroatoms. The second-order valence-electron chi connectivity index (χ2n) is 4.32. The SMILES string of the molecule is CCCCCN1CCOC(CCC(=O)O)C1=O. The number of amides is 1. The van der Waals surface area contributed by atoms with Crippen LogP contribution in [-0.2, 0) is 14.3 Å². The van der Waals surface area contributed by atoms with Gasteiger partial charge >= 0.3 is 5.97 Å². The highest BCUT2D eigenvalue weighted by Crippen LogP contribution is 2.13. The largest absolute Gasteiger partial charge is 0.481 e.